The Bertz CT molecular complexity index is 2250. The van der Waals surface area contributed by atoms with Crippen LogP contribution in [0.4, 0.5) is 0 Å². The molecule has 3 aromatic rings. The number of benzene rings is 2. The van der Waals surface area contributed by atoms with Crippen molar-refractivity contribution in [3.8, 4) is 34.3 Å². The van der Waals surface area contributed by atoms with Gasteiger partial charge in [0.05, 0.1) is 33.0 Å². The van der Waals surface area contributed by atoms with Crippen LogP contribution in [0.1, 0.15) is 33.6 Å². The molecule has 0 radical (unpaired) electrons. The Kier molecular flexibility index (Phi) is 13.0. The van der Waals surface area contributed by atoms with Crippen LogP contribution in [0.25, 0.3) is 22.3 Å². The highest BCUT2D eigenvalue weighted by Gasteiger charge is 2.67. The topological polar surface area (TPSA) is 314 Å². The van der Waals surface area contributed by atoms with Gasteiger partial charge in [-0.15, -0.1) is 0 Å². The van der Waals surface area contributed by atoms with E-state index < -0.39 is 120 Å². The van der Waals surface area contributed by atoms with Crippen LogP contribution >= 0.6 is 0 Å². The fraction of sp³-hybridized carbons (Fsp3) is 0.535. The Balaban J connectivity index is 1.15. The van der Waals surface area contributed by atoms with E-state index in [1.54, 1.807) is 13.8 Å². The minimum absolute atomic E-state index is 0.0169. The molecule has 0 unspecified atom stereocenters. The van der Waals surface area contributed by atoms with E-state index in [0.717, 1.165) is 12.1 Å². The Labute approximate surface area is 359 Å². The van der Waals surface area contributed by atoms with Crippen LogP contribution in [0.15, 0.2) is 69.4 Å². The lowest BCUT2D eigenvalue weighted by atomic mass is 9.59. The summed E-state index contributed by atoms with van der Waals surface area (Å²) in [7, 11) is 1.33. The van der Waals surface area contributed by atoms with E-state index in [1.807, 2.05) is 6.92 Å². The average Bonchev–Trinajstić information content (AvgIpc) is 3.33. The maximum absolute atomic E-state index is 14.0. The molecule has 20 nitrogen and oxygen atoms in total. The molecule has 1 saturated carbocycles. The van der Waals surface area contributed by atoms with Crippen molar-refractivity contribution in [3.05, 3.63) is 70.4 Å². The Morgan fingerprint density at radius 3 is 2.14 bits per heavy atom. The number of hydrogen-bond donors (Lipinski definition) is 10. The number of phenols is 1. The Morgan fingerprint density at radius 2 is 1.51 bits per heavy atom. The van der Waals surface area contributed by atoms with E-state index >= 15 is 0 Å². The number of aromatic hydroxyl groups is 1. The quantitative estimate of drug-likeness (QED) is 0.0609. The Hall–Kier alpha value is -4.68. The van der Waals surface area contributed by atoms with Crippen molar-refractivity contribution in [3.63, 3.8) is 0 Å². The Morgan fingerprint density at radius 1 is 0.857 bits per heavy atom. The molecule has 63 heavy (non-hydrogen) atoms. The number of fused-ring (bicyclic) bond motifs is 3. The van der Waals surface area contributed by atoms with Crippen molar-refractivity contribution in [2.24, 2.45) is 5.41 Å². The van der Waals surface area contributed by atoms with Gasteiger partial charge in [0.15, 0.2) is 11.9 Å². The number of hydrogen-bond acceptors (Lipinski definition) is 20. The van der Waals surface area contributed by atoms with E-state index in [1.165, 1.54) is 49.6 Å². The molecule has 344 valence electrons. The maximum atomic E-state index is 14.0. The second-order valence-corrected chi connectivity index (χ2v) is 16.8. The first-order chi connectivity index (χ1) is 29.8. The van der Waals surface area contributed by atoms with Crippen LogP contribution in [-0.2, 0) is 23.7 Å². The molecule has 14 atom stereocenters. The van der Waals surface area contributed by atoms with Gasteiger partial charge in [0.25, 0.3) is 0 Å². The number of allylic oxidation sites excluding steroid dienone is 2. The van der Waals surface area contributed by atoms with Gasteiger partial charge in [-0.25, -0.2) is 4.79 Å². The summed E-state index contributed by atoms with van der Waals surface area (Å²) in [4.78, 5) is 27.3. The summed E-state index contributed by atoms with van der Waals surface area (Å²) in [6.07, 6.45) is -12.9. The fourth-order valence-corrected chi connectivity index (χ4v) is 8.73. The first-order valence-electron chi connectivity index (χ1n) is 20.1. The SMILES string of the molecule is COc1cc(O)c2c(=O)c(O[C@@H]3O[C@H](CO)[C@@H](O)[C@H](O)[C@H]3O)c(-c3ccc(O[C@@H]4O[C@H](CO)[C@@H](O)[C@H](O)[C@H]4OC(=O)C=C(C)C=C[C@]4(O)[C@@]5(C)CO[C@]4(C)C[C@@H](O)C5)cc3)oc2c1. The number of esters is 1. The minimum Gasteiger partial charge on any atom is -0.507 e. The van der Waals surface area contributed by atoms with Gasteiger partial charge in [-0.05, 0) is 56.2 Å². The van der Waals surface area contributed by atoms with Crippen molar-refractivity contribution in [2.45, 2.75) is 112 Å². The number of ether oxygens (including phenoxy) is 7. The highest BCUT2D eigenvalue weighted by atomic mass is 16.7. The second-order valence-electron chi connectivity index (χ2n) is 16.8. The van der Waals surface area contributed by atoms with Gasteiger partial charge in [-0.2, -0.15) is 0 Å². The largest absolute Gasteiger partial charge is 0.507 e. The molecule has 10 N–H and O–H groups in total. The van der Waals surface area contributed by atoms with Crippen molar-refractivity contribution in [1.29, 1.82) is 0 Å². The molecule has 4 aliphatic rings. The highest BCUT2D eigenvalue weighted by molar-refractivity contribution is 5.88. The molecule has 4 fully saturated rings. The normalized spacial score (nSPS) is 37.0. The molecule has 3 saturated heterocycles. The van der Waals surface area contributed by atoms with Crippen LogP contribution in [-0.4, -0.2) is 163 Å². The van der Waals surface area contributed by atoms with Gasteiger partial charge in [-0.1, -0.05) is 13.0 Å². The molecular weight excluding hydrogens is 836 g/mol. The monoisotopic (exact) mass is 888 g/mol. The van der Waals surface area contributed by atoms with E-state index in [2.05, 4.69) is 0 Å². The van der Waals surface area contributed by atoms with E-state index in [9.17, 15) is 60.7 Å². The third-order valence-electron chi connectivity index (χ3n) is 12.4. The number of carbonyl (C=O) groups is 1. The van der Waals surface area contributed by atoms with Crippen molar-refractivity contribution < 1.29 is 93.4 Å². The van der Waals surface area contributed by atoms with Gasteiger partial charge < -0.3 is 88.6 Å². The molecule has 7 rings (SSSR count). The zero-order valence-electron chi connectivity index (χ0n) is 34.6. The standard InChI is InChI=1S/C43H52O20/c1-19(9-10-43(55)41(2)14-21(46)15-42(43,3)57-18-41)11-28(48)62-38-34(53)31(50)27(17-45)61-40(38)58-22-7-5-20(6-8-22)36-37(63-39-35(54)33(52)30(49)26(16-44)60-39)32(51)29-24(47)12-23(56-4)13-25(29)59-36/h5-13,21,26-27,30-31,33-35,38-40,44-47,49-50,52-55H,14-18H2,1-4H3/t21-,26+,27+,30+,31+,33-,34-,35+,38+,39-,40+,41+,42+,43-/m0/s1. The van der Waals surface area contributed by atoms with Crippen LogP contribution in [0.3, 0.4) is 0 Å². The molecule has 20 heteroatoms. The molecule has 0 amide bonds. The maximum Gasteiger partial charge on any atom is 0.331 e. The molecular formula is C43H52O20. The van der Waals surface area contributed by atoms with Gasteiger partial charge in [-0.3, -0.25) is 4.79 Å². The van der Waals surface area contributed by atoms with Crippen molar-refractivity contribution in [1.82, 2.24) is 0 Å². The summed E-state index contributed by atoms with van der Waals surface area (Å²) < 4.78 is 45.7. The first kappa shape index (κ1) is 46.3. The second kappa shape index (κ2) is 17.7. The lowest BCUT2D eigenvalue weighted by Crippen LogP contribution is -2.61. The van der Waals surface area contributed by atoms with E-state index in [-0.39, 0.29) is 46.8 Å². The number of aliphatic hydroxyl groups is 9. The van der Waals surface area contributed by atoms with Crippen LogP contribution < -0.4 is 19.6 Å². The molecule has 2 aromatic carbocycles. The van der Waals surface area contributed by atoms with Gasteiger partial charge >= 0.3 is 5.97 Å². The van der Waals surface area contributed by atoms with Gasteiger partial charge in [0, 0.05) is 35.6 Å². The lowest BCUT2D eigenvalue weighted by Gasteiger charge is -2.49. The molecule has 0 spiro atoms. The summed E-state index contributed by atoms with van der Waals surface area (Å²) in [5.41, 5.74) is -3.97. The van der Waals surface area contributed by atoms with Crippen molar-refractivity contribution in [2.75, 3.05) is 26.9 Å². The smallest absolute Gasteiger partial charge is 0.331 e. The van der Waals surface area contributed by atoms with Gasteiger partial charge in [0.1, 0.15) is 82.1 Å². The average molecular weight is 889 g/mol. The number of rotatable bonds is 12. The minimum atomic E-state index is -1.92. The van der Waals surface area contributed by atoms with Gasteiger partial charge in [0.2, 0.25) is 23.8 Å². The molecule has 3 aliphatic heterocycles. The van der Waals surface area contributed by atoms with Crippen molar-refractivity contribution >= 4 is 16.9 Å². The molecule has 1 aromatic heterocycles. The third-order valence-corrected chi connectivity index (χ3v) is 12.4. The number of phenolic OH excluding ortho intramolecular Hbond substituents is 1. The van der Waals surface area contributed by atoms with Crippen LogP contribution in [0.5, 0.6) is 23.0 Å². The van der Waals surface area contributed by atoms with E-state index in [0.29, 0.717) is 12.0 Å². The van der Waals surface area contributed by atoms with Crippen LogP contribution in [0, 0.1) is 5.41 Å². The summed E-state index contributed by atoms with van der Waals surface area (Å²) >= 11 is 0. The number of aliphatic hydroxyl groups excluding tert-OH is 8. The summed E-state index contributed by atoms with van der Waals surface area (Å²) in [6.45, 7) is 3.78. The highest BCUT2D eigenvalue weighted by Crippen LogP contribution is 2.57. The number of carbonyl (C=O) groups excluding carboxylic acids is 1. The number of methoxy groups -OCH3 is 1. The van der Waals surface area contributed by atoms with Crippen LogP contribution in [0.2, 0.25) is 0 Å². The zero-order valence-corrected chi connectivity index (χ0v) is 34.6. The molecule has 4 heterocycles. The molecule has 2 bridgehead atoms. The third kappa shape index (κ3) is 8.42. The predicted octanol–water partition coefficient (Wildman–Crippen LogP) is -0.734. The fourth-order valence-electron chi connectivity index (χ4n) is 8.73. The summed E-state index contributed by atoms with van der Waals surface area (Å²) in [6, 6.07) is 7.96. The summed E-state index contributed by atoms with van der Waals surface area (Å²) in [5.74, 6) is -2.27. The summed E-state index contributed by atoms with van der Waals surface area (Å²) in [5, 5.41) is 105. The first-order valence-corrected chi connectivity index (χ1v) is 20.1. The zero-order chi connectivity index (χ0) is 45.8. The molecule has 1 aliphatic carbocycles. The predicted molar refractivity (Wildman–Crippen MR) is 214 cm³/mol. The lowest BCUT2D eigenvalue weighted by molar-refractivity contribution is -0.281. The van der Waals surface area contributed by atoms with E-state index in [4.69, 9.17) is 37.6 Å².